The number of nitrogen functional groups attached to an aromatic ring is 1. The molecule has 1 aromatic heterocycles. The van der Waals surface area contributed by atoms with Gasteiger partial charge in [-0.3, -0.25) is 4.98 Å². The third-order valence-corrected chi connectivity index (χ3v) is 5.38. The Balaban J connectivity index is 1.41. The predicted molar refractivity (Wildman–Crippen MR) is 124 cm³/mol. The molecule has 2 N–H and O–H groups in total. The highest BCUT2D eigenvalue weighted by molar-refractivity contribution is 5.90. The van der Waals surface area contributed by atoms with Crippen LogP contribution in [0.2, 0.25) is 0 Å². The minimum atomic E-state index is 0.771. The van der Waals surface area contributed by atoms with Crippen molar-refractivity contribution in [2.24, 2.45) is 0 Å². The Kier molecular flexibility index (Phi) is 8.36. The van der Waals surface area contributed by atoms with Gasteiger partial charge in [0, 0.05) is 23.2 Å². The van der Waals surface area contributed by atoms with Crippen molar-refractivity contribution >= 4 is 16.6 Å². The zero-order valence-corrected chi connectivity index (χ0v) is 17.7. The summed E-state index contributed by atoms with van der Waals surface area (Å²) in [4.78, 5) is 4.74. The number of rotatable bonds is 12. The number of pyridine rings is 1. The molecule has 0 radical (unpaired) electrons. The van der Waals surface area contributed by atoms with Gasteiger partial charge in [0.05, 0.1) is 12.1 Å². The molecule has 3 heteroatoms. The summed E-state index contributed by atoms with van der Waals surface area (Å²) in [7, 11) is 0. The number of hydrogen-bond donors (Lipinski definition) is 1. The van der Waals surface area contributed by atoms with E-state index in [-0.39, 0.29) is 0 Å². The largest absolute Gasteiger partial charge is 0.494 e. The van der Waals surface area contributed by atoms with E-state index < -0.39 is 0 Å². The van der Waals surface area contributed by atoms with E-state index in [1.54, 1.807) is 0 Å². The van der Waals surface area contributed by atoms with Gasteiger partial charge in [-0.15, -0.1) is 0 Å². The van der Waals surface area contributed by atoms with E-state index in [0.29, 0.717) is 0 Å². The number of nitrogens with two attached hydrogens (primary N) is 1. The molecule has 0 bridgehead atoms. The fourth-order valence-electron chi connectivity index (χ4n) is 3.69. The van der Waals surface area contributed by atoms with E-state index in [9.17, 15) is 0 Å². The molecule has 1 heterocycles. The average Bonchev–Trinajstić information content (AvgIpc) is 2.74. The van der Waals surface area contributed by atoms with Crippen LogP contribution in [0.3, 0.4) is 0 Å². The van der Waals surface area contributed by atoms with Crippen molar-refractivity contribution in [1.82, 2.24) is 4.98 Å². The number of nitrogens with zero attached hydrogens (tertiary/aromatic N) is 1. The lowest BCUT2D eigenvalue weighted by atomic mass is 10.1. The highest BCUT2D eigenvalue weighted by atomic mass is 16.5. The molecule has 0 aliphatic carbocycles. The Morgan fingerprint density at radius 1 is 0.828 bits per heavy atom. The molecule has 154 valence electrons. The highest BCUT2D eigenvalue weighted by Gasteiger charge is 2.04. The molecule has 0 saturated carbocycles. The number of benzene rings is 2. The first-order valence-electron chi connectivity index (χ1n) is 11.1. The van der Waals surface area contributed by atoms with Crippen LogP contribution in [0.4, 0.5) is 5.69 Å². The molecule has 2 aromatic carbocycles. The van der Waals surface area contributed by atoms with Gasteiger partial charge in [0.1, 0.15) is 5.75 Å². The van der Waals surface area contributed by atoms with Gasteiger partial charge in [-0.05, 0) is 36.2 Å². The van der Waals surface area contributed by atoms with Crippen molar-refractivity contribution < 1.29 is 4.74 Å². The maximum absolute atomic E-state index is 6.19. The molecule has 3 rings (SSSR count). The van der Waals surface area contributed by atoms with Crippen LogP contribution in [-0.4, -0.2) is 11.6 Å². The summed E-state index contributed by atoms with van der Waals surface area (Å²) in [6.45, 7) is 3.07. The SMILES string of the molecule is CCCCCCCCCCOc1ccc(Cc2cc(N)c3ccccc3n2)cc1. The van der Waals surface area contributed by atoms with Crippen LogP contribution in [0.25, 0.3) is 10.9 Å². The lowest BCUT2D eigenvalue weighted by molar-refractivity contribution is 0.304. The molecular weight excluding hydrogens is 356 g/mol. The van der Waals surface area contributed by atoms with Crippen molar-refractivity contribution in [2.75, 3.05) is 12.3 Å². The molecule has 0 spiro atoms. The van der Waals surface area contributed by atoms with Gasteiger partial charge < -0.3 is 10.5 Å². The number of unbranched alkanes of at least 4 members (excludes halogenated alkanes) is 7. The number of aromatic nitrogens is 1. The smallest absolute Gasteiger partial charge is 0.119 e. The van der Waals surface area contributed by atoms with E-state index in [4.69, 9.17) is 15.5 Å². The van der Waals surface area contributed by atoms with E-state index in [2.05, 4.69) is 31.2 Å². The molecule has 0 fully saturated rings. The van der Waals surface area contributed by atoms with Crippen LogP contribution < -0.4 is 10.5 Å². The molecule has 29 heavy (non-hydrogen) atoms. The molecule has 0 unspecified atom stereocenters. The summed E-state index contributed by atoms with van der Waals surface area (Å²) in [6.07, 6.45) is 11.3. The van der Waals surface area contributed by atoms with E-state index in [0.717, 1.165) is 47.5 Å². The van der Waals surface area contributed by atoms with Gasteiger partial charge >= 0.3 is 0 Å². The summed E-state index contributed by atoms with van der Waals surface area (Å²) >= 11 is 0. The van der Waals surface area contributed by atoms with Crippen LogP contribution in [0, 0.1) is 0 Å². The molecule has 0 aliphatic heterocycles. The minimum Gasteiger partial charge on any atom is -0.494 e. The van der Waals surface area contributed by atoms with E-state index in [1.165, 1.54) is 50.5 Å². The van der Waals surface area contributed by atoms with Crippen LogP contribution in [-0.2, 0) is 6.42 Å². The maximum Gasteiger partial charge on any atom is 0.119 e. The molecule has 0 aliphatic rings. The zero-order valence-electron chi connectivity index (χ0n) is 17.7. The summed E-state index contributed by atoms with van der Waals surface area (Å²) in [5.41, 5.74) is 10.1. The molecule has 3 nitrogen and oxygen atoms in total. The Labute approximate surface area is 175 Å². The second kappa shape index (κ2) is 11.5. The van der Waals surface area contributed by atoms with Crippen LogP contribution in [0.1, 0.15) is 69.5 Å². The highest BCUT2D eigenvalue weighted by Crippen LogP contribution is 2.22. The maximum atomic E-state index is 6.19. The first kappa shape index (κ1) is 21.2. The summed E-state index contributed by atoms with van der Waals surface area (Å²) in [5.74, 6) is 0.947. The Morgan fingerprint density at radius 3 is 2.28 bits per heavy atom. The number of para-hydroxylation sites is 1. The normalized spacial score (nSPS) is 11.1. The average molecular weight is 391 g/mol. The van der Waals surface area contributed by atoms with Gasteiger partial charge in [0.25, 0.3) is 0 Å². The van der Waals surface area contributed by atoms with Crippen molar-refractivity contribution in [1.29, 1.82) is 0 Å². The number of ether oxygens (including phenoxy) is 1. The predicted octanol–water partition coefficient (Wildman–Crippen LogP) is 6.93. The third kappa shape index (κ3) is 6.77. The first-order chi connectivity index (χ1) is 14.3. The zero-order chi connectivity index (χ0) is 20.3. The van der Waals surface area contributed by atoms with Gasteiger partial charge in [-0.1, -0.05) is 82.2 Å². The van der Waals surface area contributed by atoms with E-state index in [1.807, 2.05) is 30.3 Å². The second-order valence-electron chi connectivity index (χ2n) is 7.86. The standard InChI is InChI=1S/C26H34N2O/c1-2-3-4-5-6-7-8-11-18-29-23-16-14-21(15-17-23)19-22-20-25(27)24-12-9-10-13-26(24)28-22/h9-10,12-17,20H,2-8,11,18-19H2,1H3,(H2,27,28). The molecule has 0 saturated heterocycles. The van der Waals surface area contributed by atoms with Crippen molar-refractivity contribution in [3.05, 3.63) is 65.9 Å². The number of hydrogen-bond acceptors (Lipinski definition) is 3. The topological polar surface area (TPSA) is 48.1 Å². The number of anilines is 1. The Bertz CT molecular complexity index is 874. The van der Waals surface area contributed by atoms with Gasteiger partial charge in [-0.2, -0.15) is 0 Å². The molecule has 3 aromatic rings. The first-order valence-corrected chi connectivity index (χ1v) is 11.1. The Morgan fingerprint density at radius 2 is 1.52 bits per heavy atom. The number of fused-ring (bicyclic) bond motifs is 1. The van der Waals surface area contributed by atoms with E-state index >= 15 is 0 Å². The van der Waals surface area contributed by atoms with Gasteiger partial charge in [0.15, 0.2) is 0 Å². The van der Waals surface area contributed by atoms with Crippen LogP contribution in [0.15, 0.2) is 54.6 Å². The third-order valence-electron chi connectivity index (χ3n) is 5.38. The lowest BCUT2D eigenvalue weighted by Gasteiger charge is -2.09. The van der Waals surface area contributed by atoms with Crippen molar-refractivity contribution in [2.45, 2.75) is 64.7 Å². The van der Waals surface area contributed by atoms with Crippen molar-refractivity contribution in [3.8, 4) is 5.75 Å². The van der Waals surface area contributed by atoms with Crippen LogP contribution in [0.5, 0.6) is 5.75 Å². The molecule has 0 atom stereocenters. The summed E-state index contributed by atoms with van der Waals surface area (Å²) in [6, 6.07) is 18.4. The summed E-state index contributed by atoms with van der Waals surface area (Å²) < 4.78 is 5.90. The van der Waals surface area contributed by atoms with Crippen LogP contribution >= 0.6 is 0 Å². The van der Waals surface area contributed by atoms with Gasteiger partial charge in [-0.25, -0.2) is 0 Å². The molecule has 0 amide bonds. The molecular formula is C26H34N2O. The second-order valence-corrected chi connectivity index (χ2v) is 7.86. The quantitative estimate of drug-likeness (QED) is 0.341. The van der Waals surface area contributed by atoms with Crippen molar-refractivity contribution in [3.63, 3.8) is 0 Å². The monoisotopic (exact) mass is 390 g/mol. The fourth-order valence-corrected chi connectivity index (χ4v) is 3.69. The van der Waals surface area contributed by atoms with Gasteiger partial charge in [0.2, 0.25) is 0 Å². The summed E-state index contributed by atoms with van der Waals surface area (Å²) in [5, 5.41) is 1.01. The lowest BCUT2D eigenvalue weighted by Crippen LogP contribution is -1.99. The fraction of sp³-hybridized carbons (Fsp3) is 0.423. The Hall–Kier alpha value is -2.55. The minimum absolute atomic E-state index is 0.771.